The number of aromatic nitrogens is 1. The molecule has 2 heterocycles. The molecule has 3 heteroatoms. The van der Waals surface area contributed by atoms with Gasteiger partial charge in [0.2, 0.25) is 0 Å². The van der Waals surface area contributed by atoms with Gasteiger partial charge in [0, 0.05) is 6.20 Å². The van der Waals surface area contributed by atoms with Crippen LogP contribution in [0.25, 0.3) is 0 Å². The van der Waals surface area contributed by atoms with Crippen molar-refractivity contribution in [1.82, 2.24) is 4.98 Å². The fourth-order valence-corrected chi connectivity index (χ4v) is 1.88. The Bertz CT molecular complexity index is 356. The summed E-state index contributed by atoms with van der Waals surface area (Å²) in [6.45, 7) is 0. The van der Waals surface area contributed by atoms with E-state index in [1.54, 1.807) is 17.5 Å². The van der Waals surface area contributed by atoms with Crippen molar-refractivity contribution in [2.24, 2.45) is 5.73 Å². The molecule has 2 nitrogen and oxygen atoms in total. The second-order valence-corrected chi connectivity index (χ2v) is 3.57. The zero-order valence-corrected chi connectivity index (χ0v) is 7.87. The predicted molar refractivity (Wildman–Crippen MR) is 54.6 cm³/mol. The lowest BCUT2D eigenvalue weighted by atomic mass is 10.1. The van der Waals surface area contributed by atoms with Crippen LogP contribution in [0.5, 0.6) is 0 Å². The standard InChI is InChI=1S/C10H10N2S/c11-10(8-4-6-13-7-8)9-3-1-2-5-12-9/h1-7,10H,11H2/t10-/m1/s1. The van der Waals surface area contributed by atoms with Crippen molar-refractivity contribution in [3.05, 3.63) is 52.5 Å². The minimum Gasteiger partial charge on any atom is -0.319 e. The molecular formula is C10H10N2S. The minimum absolute atomic E-state index is 0.0903. The third-order valence-corrected chi connectivity index (χ3v) is 2.61. The highest BCUT2D eigenvalue weighted by Crippen LogP contribution is 2.19. The van der Waals surface area contributed by atoms with Crippen LogP contribution in [0.15, 0.2) is 41.2 Å². The van der Waals surface area contributed by atoms with Crippen molar-refractivity contribution in [2.45, 2.75) is 6.04 Å². The van der Waals surface area contributed by atoms with Gasteiger partial charge in [0.15, 0.2) is 0 Å². The molecule has 2 aromatic rings. The Kier molecular flexibility index (Phi) is 2.38. The first-order valence-corrected chi connectivity index (χ1v) is 5.01. The predicted octanol–water partition coefficient (Wildman–Crippen LogP) is 2.19. The van der Waals surface area contributed by atoms with E-state index in [9.17, 15) is 0 Å². The second-order valence-electron chi connectivity index (χ2n) is 2.79. The number of pyridine rings is 1. The van der Waals surface area contributed by atoms with E-state index in [4.69, 9.17) is 5.73 Å². The van der Waals surface area contributed by atoms with E-state index in [-0.39, 0.29) is 6.04 Å². The summed E-state index contributed by atoms with van der Waals surface area (Å²) in [5.41, 5.74) is 8.05. The lowest BCUT2D eigenvalue weighted by Gasteiger charge is -2.07. The molecule has 0 saturated carbocycles. The highest BCUT2D eigenvalue weighted by atomic mass is 32.1. The van der Waals surface area contributed by atoms with Crippen molar-refractivity contribution < 1.29 is 0 Å². The SMILES string of the molecule is N[C@H](c1ccsc1)c1ccccn1. The van der Waals surface area contributed by atoms with Gasteiger partial charge in [-0.25, -0.2) is 0 Å². The smallest absolute Gasteiger partial charge is 0.0734 e. The molecule has 0 fully saturated rings. The first-order chi connectivity index (χ1) is 6.38. The summed E-state index contributed by atoms with van der Waals surface area (Å²) in [6, 6.07) is 7.73. The fourth-order valence-electron chi connectivity index (χ4n) is 1.18. The van der Waals surface area contributed by atoms with Gasteiger partial charge in [-0.2, -0.15) is 11.3 Å². The topological polar surface area (TPSA) is 38.9 Å². The summed E-state index contributed by atoms with van der Waals surface area (Å²) < 4.78 is 0. The lowest BCUT2D eigenvalue weighted by Crippen LogP contribution is -2.12. The van der Waals surface area contributed by atoms with E-state index in [0.29, 0.717) is 0 Å². The molecule has 13 heavy (non-hydrogen) atoms. The molecule has 0 aliphatic rings. The van der Waals surface area contributed by atoms with Crippen LogP contribution < -0.4 is 5.73 Å². The van der Waals surface area contributed by atoms with E-state index >= 15 is 0 Å². The van der Waals surface area contributed by atoms with Crippen LogP contribution in [-0.4, -0.2) is 4.98 Å². The summed E-state index contributed by atoms with van der Waals surface area (Å²) in [4.78, 5) is 4.21. The number of nitrogens with two attached hydrogens (primary N) is 1. The molecule has 0 aromatic carbocycles. The molecule has 0 saturated heterocycles. The summed E-state index contributed by atoms with van der Waals surface area (Å²) in [7, 11) is 0. The zero-order chi connectivity index (χ0) is 9.10. The highest BCUT2D eigenvalue weighted by Gasteiger charge is 2.08. The molecule has 0 spiro atoms. The van der Waals surface area contributed by atoms with Gasteiger partial charge < -0.3 is 5.73 Å². The monoisotopic (exact) mass is 190 g/mol. The van der Waals surface area contributed by atoms with Crippen LogP contribution in [0.1, 0.15) is 17.3 Å². The largest absolute Gasteiger partial charge is 0.319 e. The van der Waals surface area contributed by atoms with Crippen LogP contribution in [0, 0.1) is 0 Å². The normalized spacial score (nSPS) is 12.7. The van der Waals surface area contributed by atoms with Crippen molar-refractivity contribution in [3.63, 3.8) is 0 Å². The highest BCUT2D eigenvalue weighted by molar-refractivity contribution is 7.07. The average Bonchev–Trinajstić information content (AvgIpc) is 2.71. The van der Waals surface area contributed by atoms with E-state index in [1.807, 2.05) is 29.6 Å². The molecule has 0 unspecified atom stereocenters. The second kappa shape index (κ2) is 3.68. The molecule has 0 radical (unpaired) electrons. The number of thiophene rings is 1. The molecule has 2 aromatic heterocycles. The Morgan fingerprint density at radius 1 is 1.31 bits per heavy atom. The van der Waals surface area contributed by atoms with Gasteiger partial charge in [0.1, 0.15) is 0 Å². The van der Waals surface area contributed by atoms with E-state index in [0.717, 1.165) is 11.3 Å². The van der Waals surface area contributed by atoms with Gasteiger partial charge in [-0.1, -0.05) is 6.07 Å². The first-order valence-electron chi connectivity index (χ1n) is 4.06. The van der Waals surface area contributed by atoms with Gasteiger partial charge in [-0.3, -0.25) is 4.98 Å². The van der Waals surface area contributed by atoms with Crippen molar-refractivity contribution in [2.75, 3.05) is 0 Å². The fraction of sp³-hybridized carbons (Fsp3) is 0.100. The number of hydrogen-bond donors (Lipinski definition) is 1. The summed E-state index contributed by atoms with van der Waals surface area (Å²) in [6.07, 6.45) is 1.77. The summed E-state index contributed by atoms with van der Waals surface area (Å²) >= 11 is 1.65. The van der Waals surface area contributed by atoms with Gasteiger partial charge in [-0.05, 0) is 34.5 Å². The van der Waals surface area contributed by atoms with Gasteiger partial charge in [0.05, 0.1) is 11.7 Å². The average molecular weight is 190 g/mol. The number of nitrogens with zero attached hydrogens (tertiary/aromatic N) is 1. The van der Waals surface area contributed by atoms with E-state index < -0.39 is 0 Å². The third kappa shape index (κ3) is 1.76. The summed E-state index contributed by atoms with van der Waals surface area (Å²) in [5.74, 6) is 0. The van der Waals surface area contributed by atoms with Crippen LogP contribution in [-0.2, 0) is 0 Å². The van der Waals surface area contributed by atoms with E-state index in [1.165, 1.54) is 0 Å². The molecule has 0 bridgehead atoms. The van der Waals surface area contributed by atoms with Gasteiger partial charge in [0.25, 0.3) is 0 Å². The van der Waals surface area contributed by atoms with Gasteiger partial charge >= 0.3 is 0 Å². The number of hydrogen-bond acceptors (Lipinski definition) is 3. The Morgan fingerprint density at radius 3 is 2.85 bits per heavy atom. The molecule has 66 valence electrons. The number of rotatable bonds is 2. The molecule has 0 aliphatic carbocycles. The van der Waals surface area contributed by atoms with Crippen LogP contribution in [0.2, 0.25) is 0 Å². The van der Waals surface area contributed by atoms with Crippen molar-refractivity contribution >= 4 is 11.3 Å². The maximum atomic E-state index is 6.00. The molecular weight excluding hydrogens is 180 g/mol. The molecule has 0 amide bonds. The first kappa shape index (κ1) is 8.41. The van der Waals surface area contributed by atoms with Crippen LogP contribution >= 0.6 is 11.3 Å². The molecule has 0 aliphatic heterocycles. The Labute approximate surface area is 81.1 Å². The molecule has 2 N–H and O–H groups in total. The van der Waals surface area contributed by atoms with Gasteiger partial charge in [-0.15, -0.1) is 0 Å². The van der Waals surface area contributed by atoms with E-state index in [2.05, 4.69) is 10.4 Å². The van der Waals surface area contributed by atoms with Crippen LogP contribution in [0.4, 0.5) is 0 Å². The molecule has 2 rings (SSSR count). The quantitative estimate of drug-likeness (QED) is 0.788. The lowest BCUT2D eigenvalue weighted by molar-refractivity contribution is 0.833. The summed E-state index contributed by atoms with van der Waals surface area (Å²) in [5, 5.41) is 4.08. The maximum Gasteiger partial charge on any atom is 0.0734 e. The third-order valence-electron chi connectivity index (χ3n) is 1.91. The molecule has 1 atom stereocenters. The maximum absolute atomic E-state index is 6.00. The zero-order valence-electron chi connectivity index (χ0n) is 7.05. The Hall–Kier alpha value is -1.19. The van der Waals surface area contributed by atoms with Crippen molar-refractivity contribution in [3.8, 4) is 0 Å². The minimum atomic E-state index is -0.0903. The van der Waals surface area contributed by atoms with Crippen molar-refractivity contribution in [1.29, 1.82) is 0 Å². The Balaban J connectivity index is 2.29. The van der Waals surface area contributed by atoms with Crippen LogP contribution in [0.3, 0.4) is 0 Å². The Morgan fingerprint density at radius 2 is 2.23 bits per heavy atom.